The van der Waals surface area contributed by atoms with Crippen LogP contribution in [0.5, 0.6) is 0 Å². The topological polar surface area (TPSA) is 34.1 Å². The van der Waals surface area contributed by atoms with Crippen molar-refractivity contribution in [3.63, 3.8) is 0 Å². The van der Waals surface area contributed by atoms with Crippen molar-refractivity contribution < 1.29 is 17.9 Å². The maximum Gasteiger partial charge on any atom is 0.411 e. The molecule has 0 fully saturated rings. The Bertz CT molecular complexity index is 437. The van der Waals surface area contributed by atoms with Gasteiger partial charge in [0.25, 0.3) is 0 Å². The molecule has 0 spiro atoms. The molecule has 1 N–H and O–H groups in total. The highest BCUT2D eigenvalue weighted by Crippen LogP contribution is 2.34. The monoisotopic (exact) mass is 288 g/mol. The number of fused-ring (bicyclic) bond motifs is 1. The van der Waals surface area contributed by atoms with E-state index in [4.69, 9.17) is 4.74 Å². The number of rotatable bonds is 6. The number of hydrogen-bond donors (Lipinski definition) is 1. The van der Waals surface area contributed by atoms with Crippen LogP contribution in [0.4, 0.5) is 13.2 Å². The second kappa shape index (κ2) is 6.54. The predicted octanol–water partition coefficient (Wildman–Crippen LogP) is 2.67. The van der Waals surface area contributed by atoms with Crippen molar-refractivity contribution in [1.29, 1.82) is 0 Å². The molecule has 1 aliphatic carbocycles. The molecule has 0 radical (unpaired) electrons. The molecule has 112 valence electrons. The number of halogens is 3. The number of nitrogens with one attached hydrogen (secondary N) is 1. The quantitative estimate of drug-likeness (QED) is 0.817. The largest absolute Gasteiger partial charge is 0.411 e. The summed E-state index contributed by atoms with van der Waals surface area (Å²) in [5.74, 6) is 0.255. The molecule has 20 heavy (non-hydrogen) atoms. The Labute approximate surface area is 116 Å². The smallest absolute Gasteiger partial charge is 0.372 e. The van der Waals surface area contributed by atoms with Gasteiger partial charge in [0.05, 0.1) is 0 Å². The lowest BCUT2D eigenvalue weighted by Crippen LogP contribution is -2.33. The van der Waals surface area contributed by atoms with Crippen molar-refractivity contribution in [1.82, 2.24) is 10.3 Å². The van der Waals surface area contributed by atoms with E-state index in [-0.39, 0.29) is 18.6 Å². The molecule has 0 bridgehead atoms. The fourth-order valence-corrected chi connectivity index (χ4v) is 2.78. The fraction of sp³-hybridized carbons (Fsp3) is 0.643. The van der Waals surface area contributed by atoms with Crippen molar-refractivity contribution in [2.45, 2.75) is 37.4 Å². The number of pyridine rings is 1. The standard InChI is InChI=1S/C14H19F3N2O/c1-18-12(6-8-20-9-14(15,16)17)11-5-4-10-3-2-7-19-13(10)11/h2-3,7,11-12,18H,4-6,8-9H2,1H3. The van der Waals surface area contributed by atoms with E-state index in [0.29, 0.717) is 6.42 Å². The van der Waals surface area contributed by atoms with Gasteiger partial charge in [0.1, 0.15) is 6.61 Å². The van der Waals surface area contributed by atoms with Gasteiger partial charge >= 0.3 is 6.18 Å². The summed E-state index contributed by atoms with van der Waals surface area (Å²) in [6.07, 6.45) is 0.0283. The third kappa shape index (κ3) is 3.93. The predicted molar refractivity (Wildman–Crippen MR) is 69.6 cm³/mol. The maximum absolute atomic E-state index is 12.0. The summed E-state index contributed by atoms with van der Waals surface area (Å²) >= 11 is 0. The maximum atomic E-state index is 12.0. The van der Waals surface area contributed by atoms with Crippen molar-refractivity contribution in [3.05, 3.63) is 29.6 Å². The molecule has 6 heteroatoms. The minimum atomic E-state index is -4.25. The van der Waals surface area contributed by atoms with Crippen molar-refractivity contribution >= 4 is 0 Å². The first-order chi connectivity index (χ1) is 9.51. The van der Waals surface area contributed by atoms with E-state index >= 15 is 0 Å². The lowest BCUT2D eigenvalue weighted by Gasteiger charge is -2.23. The zero-order valence-corrected chi connectivity index (χ0v) is 11.4. The van der Waals surface area contributed by atoms with Gasteiger partial charge in [0.2, 0.25) is 0 Å². The Kier molecular flexibility index (Phi) is 4.99. The minimum absolute atomic E-state index is 0.0967. The SMILES string of the molecule is CNC(CCOCC(F)(F)F)C1CCc2cccnc21. The Morgan fingerprint density at radius 3 is 3.00 bits per heavy atom. The van der Waals surface area contributed by atoms with Crippen LogP contribution < -0.4 is 5.32 Å². The van der Waals surface area contributed by atoms with Crippen LogP contribution in [0.25, 0.3) is 0 Å². The second-order valence-electron chi connectivity index (χ2n) is 5.04. The van der Waals surface area contributed by atoms with Crippen LogP contribution in [0.3, 0.4) is 0 Å². The fourth-order valence-electron chi connectivity index (χ4n) is 2.78. The molecule has 0 saturated carbocycles. The van der Waals surface area contributed by atoms with Gasteiger partial charge in [-0.05, 0) is 37.9 Å². The summed E-state index contributed by atoms with van der Waals surface area (Å²) in [6, 6.07) is 4.08. The van der Waals surface area contributed by atoms with E-state index in [1.165, 1.54) is 5.56 Å². The highest BCUT2D eigenvalue weighted by atomic mass is 19.4. The molecule has 1 aliphatic rings. The Balaban J connectivity index is 1.87. The molecule has 2 atom stereocenters. The van der Waals surface area contributed by atoms with Crippen LogP contribution in [0, 0.1) is 0 Å². The normalized spacial score (nSPS) is 19.9. The summed E-state index contributed by atoms with van der Waals surface area (Å²) in [5, 5.41) is 3.18. The molecule has 1 aromatic rings. The number of nitrogens with zero attached hydrogens (tertiary/aromatic N) is 1. The van der Waals surface area contributed by atoms with Crippen LogP contribution in [0.2, 0.25) is 0 Å². The number of alkyl halides is 3. The molecule has 0 aliphatic heterocycles. The van der Waals surface area contributed by atoms with Gasteiger partial charge in [-0.25, -0.2) is 0 Å². The number of aryl methyl sites for hydroxylation is 1. The molecular weight excluding hydrogens is 269 g/mol. The molecule has 2 unspecified atom stereocenters. The van der Waals surface area contributed by atoms with Gasteiger partial charge in [0, 0.05) is 30.5 Å². The van der Waals surface area contributed by atoms with Crippen molar-refractivity contribution in [3.8, 4) is 0 Å². The van der Waals surface area contributed by atoms with Gasteiger partial charge in [-0.1, -0.05) is 6.07 Å². The van der Waals surface area contributed by atoms with E-state index in [9.17, 15) is 13.2 Å². The molecule has 1 heterocycles. The molecule has 0 aromatic carbocycles. The zero-order chi connectivity index (χ0) is 14.6. The highest BCUT2D eigenvalue weighted by Gasteiger charge is 2.31. The summed E-state index contributed by atoms with van der Waals surface area (Å²) < 4.78 is 40.7. The average molecular weight is 288 g/mol. The lowest BCUT2D eigenvalue weighted by molar-refractivity contribution is -0.174. The van der Waals surface area contributed by atoms with Gasteiger partial charge in [0.15, 0.2) is 0 Å². The molecular formula is C14H19F3N2O. The zero-order valence-electron chi connectivity index (χ0n) is 11.4. The van der Waals surface area contributed by atoms with Gasteiger partial charge in [-0.15, -0.1) is 0 Å². The third-order valence-electron chi connectivity index (χ3n) is 3.70. The van der Waals surface area contributed by atoms with Crippen molar-refractivity contribution in [2.24, 2.45) is 0 Å². The average Bonchev–Trinajstić information content (AvgIpc) is 2.82. The Morgan fingerprint density at radius 2 is 2.30 bits per heavy atom. The van der Waals surface area contributed by atoms with E-state index in [2.05, 4.69) is 16.4 Å². The molecule has 2 rings (SSSR count). The van der Waals surface area contributed by atoms with Crippen LogP contribution in [0.1, 0.15) is 30.0 Å². The minimum Gasteiger partial charge on any atom is -0.372 e. The van der Waals surface area contributed by atoms with Crippen LogP contribution in [-0.4, -0.2) is 37.5 Å². The van der Waals surface area contributed by atoms with Gasteiger partial charge in [-0.2, -0.15) is 13.2 Å². The van der Waals surface area contributed by atoms with Crippen LogP contribution in [0.15, 0.2) is 18.3 Å². The second-order valence-corrected chi connectivity index (χ2v) is 5.04. The van der Waals surface area contributed by atoms with E-state index < -0.39 is 12.8 Å². The summed E-state index contributed by atoms with van der Waals surface area (Å²) in [7, 11) is 1.83. The van der Waals surface area contributed by atoms with E-state index in [0.717, 1.165) is 18.5 Å². The molecule has 0 saturated heterocycles. The lowest BCUT2D eigenvalue weighted by atomic mass is 9.94. The summed E-state index contributed by atoms with van der Waals surface area (Å²) in [4.78, 5) is 4.42. The first-order valence-electron chi connectivity index (χ1n) is 6.77. The van der Waals surface area contributed by atoms with E-state index in [1.54, 1.807) is 6.20 Å². The Morgan fingerprint density at radius 1 is 1.50 bits per heavy atom. The molecule has 3 nitrogen and oxygen atoms in total. The first-order valence-corrected chi connectivity index (χ1v) is 6.77. The number of hydrogen-bond acceptors (Lipinski definition) is 3. The van der Waals surface area contributed by atoms with E-state index in [1.807, 2.05) is 13.1 Å². The van der Waals surface area contributed by atoms with Crippen LogP contribution >= 0.6 is 0 Å². The Hall–Kier alpha value is -1.14. The highest BCUT2D eigenvalue weighted by molar-refractivity contribution is 5.29. The van der Waals surface area contributed by atoms with Gasteiger partial charge in [-0.3, -0.25) is 4.98 Å². The molecule has 0 amide bonds. The number of likely N-dealkylation sites (N-methyl/N-ethyl adjacent to an activating group) is 1. The van der Waals surface area contributed by atoms with Crippen molar-refractivity contribution in [2.75, 3.05) is 20.3 Å². The number of aromatic nitrogens is 1. The summed E-state index contributed by atoms with van der Waals surface area (Å²) in [5.41, 5.74) is 2.32. The van der Waals surface area contributed by atoms with Gasteiger partial charge < -0.3 is 10.1 Å². The first kappa shape index (κ1) is 15.3. The van der Waals surface area contributed by atoms with Crippen LogP contribution in [-0.2, 0) is 11.2 Å². The molecule has 1 aromatic heterocycles. The summed E-state index contributed by atoms with van der Waals surface area (Å²) in [6.45, 7) is -1.08. The third-order valence-corrected chi connectivity index (χ3v) is 3.70. The number of ether oxygens (including phenoxy) is 1.